The highest BCUT2D eigenvalue weighted by Gasteiger charge is 2.59. The average molecular weight is 294 g/mol. The van der Waals surface area contributed by atoms with Crippen molar-refractivity contribution in [3.8, 4) is 6.07 Å². The SMILES string of the molecule is N#Cc1cncc(N[C@H]2[C@H]3OC[C@](CO)(O3)[C@H](O)[C@@H]2O)n1. The van der Waals surface area contributed by atoms with Crippen LogP contribution in [0.2, 0.25) is 0 Å². The summed E-state index contributed by atoms with van der Waals surface area (Å²) in [5, 5.41) is 41.3. The second-order valence-corrected chi connectivity index (χ2v) is 5.03. The quantitative estimate of drug-likeness (QED) is 0.496. The molecule has 9 heteroatoms. The molecule has 21 heavy (non-hydrogen) atoms. The van der Waals surface area contributed by atoms with Crippen molar-refractivity contribution >= 4 is 5.82 Å². The van der Waals surface area contributed by atoms with Crippen LogP contribution in [0.4, 0.5) is 5.82 Å². The van der Waals surface area contributed by atoms with Crippen LogP contribution in [0.3, 0.4) is 0 Å². The van der Waals surface area contributed by atoms with Gasteiger partial charge in [0.2, 0.25) is 0 Å². The summed E-state index contributed by atoms with van der Waals surface area (Å²) in [4.78, 5) is 7.82. The average Bonchev–Trinajstić information content (AvgIpc) is 2.93. The largest absolute Gasteiger partial charge is 0.393 e. The number of aliphatic hydroxyl groups excluding tert-OH is 3. The molecule has 2 fully saturated rings. The molecule has 2 aliphatic rings. The highest BCUT2D eigenvalue weighted by Crippen LogP contribution is 2.37. The molecule has 4 N–H and O–H groups in total. The summed E-state index contributed by atoms with van der Waals surface area (Å²) in [5.74, 6) is 0.251. The number of aliphatic hydroxyl groups is 3. The molecule has 0 unspecified atom stereocenters. The standard InChI is InChI=1S/C12H14N4O5/c13-1-6-2-14-3-7(15-6)16-8-9(18)10(19)12(4-17)5-20-11(8)21-12/h2-3,8-11,17-19H,4-5H2,(H,15,16)/t8-,9-,10-,11+,12+/m1/s1. The predicted octanol–water partition coefficient (Wildman–Crippen LogP) is -2.03. The maximum Gasteiger partial charge on any atom is 0.181 e. The highest BCUT2D eigenvalue weighted by molar-refractivity contribution is 5.37. The Balaban J connectivity index is 1.82. The number of anilines is 1. The molecule has 2 saturated heterocycles. The Kier molecular flexibility index (Phi) is 3.48. The summed E-state index contributed by atoms with van der Waals surface area (Å²) in [6.45, 7) is -0.480. The van der Waals surface area contributed by atoms with E-state index in [2.05, 4.69) is 15.3 Å². The number of fused-ring (bicyclic) bond motifs is 2. The summed E-state index contributed by atoms with van der Waals surface area (Å²) in [6, 6.07) is 1.05. The lowest BCUT2D eigenvalue weighted by molar-refractivity contribution is -0.224. The lowest BCUT2D eigenvalue weighted by atomic mass is 9.88. The van der Waals surface area contributed by atoms with Gasteiger partial charge in [-0.1, -0.05) is 0 Å². The second-order valence-electron chi connectivity index (χ2n) is 5.03. The molecule has 0 aliphatic carbocycles. The first kappa shape index (κ1) is 14.1. The molecule has 3 rings (SSSR count). The first-order chi connectivity index (χ1) is 10.1. The lowest BCUT2D eigenvalue weighted by Gasteiger charge is -2.42. The third kappa shape index (κ3) is 2.23. The van der Waals surface area contributed by atoms with Crippen molar-refractivity contribution < 1.29 is 24.8 Å². The minimum atomic E-state index is -1.31. The van der Waals surface area contributed by atoms with Crippen LogP contribution in [0.1, 0.15) is 5.69 Å². The number of ether oxygens (including phenoxy) is 2. The van der Waals surface area contributed by atoms with Crippen LogP contribution < -0.4 is 5.32 Å². The van der Waals surface area contributed by atoms with E-state index in [1.54, 1.807) is 0 Å². The van der Waals surface area contributed by atoms with Crippen LogP contribution >= 0.6 is 0 Å². The van der Waals surface area contributed by atoms with Gasteiger partial charge >= 0.3 is 0 Å². The van der Waals surface area contributed by atoms with Crippen molar-refractivity contribution in [2.75, 3.05) is 18.5 Å². The zero-order chi connectivity index (χ0) is 15.0. The summed E-state index contributed by atoms with van der Waals surface area (Å²) in [7, 11) is 0. The fraction of sp³-hybridized carbons (Fsp3) is 0.583. The first-order valence-corrected chi connectivity index (χ1v) is 6.35. The van der Waals surface area contributed by atoms with Gasteiger partial charge in [0.25, 0.3) is 0 Å². The molecule has 2 aliphatic heterocycles. The fourth-order valence-electron chi connectivity index (χ4n) is 2.51. The van der Waals surface area contributed by atoms with Gasteiger partial charge in [-0.15, -0.1) is 0 Å². The van der Waals surface area contributed by atoms with Gasteiger partial charge < -0.3 is 30.1 Å². The molecule has 112 valence electrons. The number of nitriles is 1. The first-order valence-electron chi connectivity index (χ1n) is 6.35. The minimum Gasteiger partial charge on any atom is -0.393 e. The van der Waals surface area contributed by atoms with Crippen LogP contribution in [-0.2, 0) is 9.47 Å². The zero-order valence-corrected chi connectivity index (χ0v) is 10.9. The number of hydrogen-bond acceptors (Lipinski definition) is 9. The van der Waals surface area contributed by atoms with Crippen molar-refractivity contribution in [3.05, 3.63) is 18.1 Å². The Bertz CT molecular complexity index is 579. The Morgan fingerprint density at radius 1 is 1.48 bits per heavy atom. The molecular weight excluding hydrogens is 280 g/mol. The number of nitrogens with zero attached hydrogens (tertiary/aromatic N) is 3. The van der Waals surface area contributed by atoms with E-state index in [9.17, 15) is 15.3 Å². The molecule has 0 spiro atoms. The summed E-state index contributed by atoms with van der Waals surface area (Å²) < 4.78 is 10.9. The van der Waals surface area contributed by atoms with E-state index in [0.29, 0.717) is 0 Å². The lowest BCUT2D eigenvalue weighted by Crippen LogP contribution is -2.64. The highest BCUT2D eigenvalue weighted by atomic mass is 16.7. The Labute approximate surface area is 119 Å². The summed E-state index contributed by atoms with van der Waals surface area (Å²) >= 11 is 0. The van der Waals surface area contributed by atoms with E-state index in [4.69, 9.17) is 14.7 Å². The van der Waals surface area contributed by atoms with Crippen molar-refractivity contribution in [1.82, 2.24) is 9.97 Å². The van der Waals surface area contributed by atoms with Gasteiger partial charge in [0.15, 0.2) is 12.0 Å². The fourth-order valence-corrected chi connectivity index (χ4v) is 2.51. The minimum absolute atomic E-state index is 0.0194. The predicted molar refractivity (Wildman–Crippen MR) is 66.8 cm³/mol. The molecular formula is C12H14N4O5. The molecule has 1 aromatic heterocycles. The van der Waals surface area contributed by atoms with Crippen LogP contribution in [0.15, 0.2) is 12.4 Å². The maximum atomic E-state index is 10.2. The molecule has 0 amide bonds. The van der Waals surface area contributed by atoms with Crippen LogP contribution in [0.5, 0.6) is 0 Å². The molecule has 0 radical (unpaired) electrons. The molecule has 0 saturated carbocycles. The molecule has 9 nitrogen and oxygen atoms in total. The Morgan fingerprint density at radius 3 is 3.00 bits per heavy atom. The second kappa shape index (κ2) is 5.18. The van der Waals surface area contributed by atoms with Crippen LogP contribution in [-0.4, -0.2) is 68.6 Å². The third-order valence-electron chi connectivity index (χ3n) is 3.70. The van der Waals surface area contributed by atoms with E-state index in [1.165, 1.54) is 12.4 Å². The molecule has 2 bridgehead atoms. The van der Waals surface area contributed by atoms with E-state index >= 15 is 0 Å². The molecule has 0 aromatic carbocycles. The number of hydrogen-bond donors (Lipinski definition) is 4. The van der Waals surface area contributed by atoms with E-state index in [0.717, 1.165) is 0 Å². The van der Waals surface area contributed by atoms with E-state index in [1.807, 2.05) is 6.07 Å². The van der Waals surface area contributed by atoms with Gasteiger partial charge in [-0.2, -0.15) is 5.26 Å². The number of rotatable bonds is 3. The zero-order valence-electron chi connectivity index (χ0n) is 10.9. The monoisotopic (exact) mass is 294 g/mol. The molecule has 3 heterocycles. The Hall–Kier alpha value is -1.83. The van der Waals surface area contributed by atoms with Gasteiger partial charge in [0.05, 0.1) is 25.6 Å². The van der Waals surface area contributed by atoms with Crippen molar-refractivity contribution in [1.29, 1.82) is 5.26 Å². The Morgan fingerprint density at radius 2 is 2.29 bits per heavy atom. The van der Waals surface area contributed by atoms with Gasteiger partial charge in [0.1, 0.15) is 35.7 Å². The number of nitrogens with one attached hydrogen (secondary N) is 1. The normalized spacial score (nSPS) is 38.0. The summed E-state index contributed by atoms with van der Waals surface area (Å²) in [6.07, 6.45) is -0.709. The molecule has 5 atom stereocenters. The summed E-state index contributed by atoms with van der Waals surface area (Å²) in [5.41, 5.74) is -1.19. The van der Waals surface area contributed by atoms with E-state index in [-0.39, 0.29) is 18.1 Å². The molecule has 1 aromatic rings. The van der Waals surface area contributed by atoms with Gasteiger partial charge in [-0.3, -0.25) is 4.98 Å². The topological polar surface area (TPSA) is 141 Å². The van der Waals surface area contributed by atoms with E-state index < -0.39 is 36.7 Å². The third-order valence-corrected chi connectivity index (χ3v) is 3.70. The smallest absolute Gasteiger partial charge is 0.181 e. The number of aromatic nitrogens is 2. The maximum absolute atomic E-state index is 10.2. The van der Waals surface area contributed by atoms with Crippen LogP contribution in [0, 0.1) is 11.3 Å². The van der Waals surface area contributed by atoms with Gasteiger partial charge in [0, 0.05) is 0 Å². The van der Waals surface area contributed by atoms with Crippen LogP contribution in [0.25, 0.3) is 0 Å². The van der Waals surface area contributed by atoms with Crippen molar-refractivity contribution in [2.45, 2.75) is 30.1 Å². The van der Waals surface area contributed by atoms with Crippen molar-refractivity contribution in [2.24, 2.45) is 0 Å². The van der Waals surface area contributed by atoms with Gasteiger partial charge in [-0.05, 0) is 0 Å². The van der Waals surface area contributed by atoms with Gasteiger partial charge in [-0.25, -0.2) is 4.98 Å². The van der Waals surface area contributed by atoms with Crippen molar-refractivity contribution in [3.63, 3.8) is 0 Å².